The summed E-state index contributed by atoms with van der Waals surface area (Å²) in [5.41, 5.74) is 1.53. The molecule has 0 bridgehead atoms. The van der Waals surface area contributed by atoms with Gasteiger partial charge in [0.25, 0.3) is 11.6 Å². The summed E-state index contributed by atoms with van der Waals surface area (Å²) in [7, 11) is 0. The molecule has 0 radical (unpaired) electrons. The van der Waals surface area contributed by atoms with E-state index in [4.69, 9.17) is 28.6 Å². The van der Waals surface area contributed by atoms with E-state index >= 15 is 0 Å². The largest absolute Gasteiger partial charge is 0.486 e. The topological polar surface area (TPSA) is 72.7 Å². The molecule has 150 valence electrons. The van der Waals surface area contributed by atoms with E-state index in [-0.39, 0.29) is 18.2 Å². The Bertz CT molecular complexity index is 1000. The zero-order chi connectivity index (χ0) is 21.1. The molecule has 1 heterocycles. The predicted octanol–water partition coefficient (Wildman–Crippen LogP) is 5.81. The van der Waals surface area contributed by atoms with Crippen molar-refractivity contribution in [3.8, 4) is 5.75 Å². The van der Waals surface area contributed by atoms with Gasteiger partial charge in [-0.25, -0.2) is 0 Å². The number of rotatable bonds is 6. The van der Waals surface area contributed by atoms with Gasteiger partial charge in [-0.1, -0.05) is 35.6 Å². The summed E-state index contributed by atoms with van der Waals surface area (Å²) < 4.78 is 6.95. The Morgan fingerprint density at radius 1 is 1.34 bits per heavy atom. The maximum atomic E-state index is 12.4. The van der Waals surface area contributed by atoms with Crippen molar-refractivity contribution < 1.29 is 14.5 Å². The molecule has 1 aliphatic heterocycles. The molecule has 29 heavy (non-hydrogen) atoms. The molecule has 6 nitrogen and oxygen atoms in total. The minimum absolute atomic E-state index is 0.0193. The first-order valence-electron chi connectivity index (χ1n) is 8.40. The van der Waals surface area contributed by atoms with Crippen LogP contribution in [0.5, 0.6) is 5.75 Å². The molecule has 0 atom stereocenters. The summed E-state index contributed by atoms with van der Waals surface area (Å²) in [5, 5.41) is 11.1. The normalized spacial score (nSPS) is 15.3. The standard InChI is InChI=1S/C19H14BrClN2O4S2/c1-2-22-18(24)16(29-19(22)28)9-12-7-14(20)17(15(21)8-12)27-10-11-3-5-13(6-4-11)23(25)26/h3-9H,2,10H2,1H3/b16-9-. The second-order valence-electron chi connectivity index (χ2n) is 5.95. The number of hydrogen-bond acceptors (Lipinski definition) is 6. The molecule has 0 aliphatic carbocycles. The fourth-order valence-electron chi connectivity index (χ4n) is 2.59. The third kappa shape index (κ3) is 4.98. The van der Waals surface area contributed by atoms with Gasteiger partial charge in [-0.15, -0.1) is 0 Å². The Balaban J connectivity index is 1.76. The third-order valence-corrected chi connectivity index (χ3v) is 6.29. The van der Waals surface area contributed by atoms with Gasteiger partial charge < -0.3 is 4.74 Å². The number of hydrogen-bond donors (Lipinski definition) is 0. The maximum absolute atomic E-state index is 12.4. The average Bonchev–Trinajstić information content (AvgIpc) is 2.94. The lowest BCUT2D eigenvalue weighted by Crippen LogP contribution is -2.27. The molecule has 0 N–H and O–H groups in total. The van der Waals surface area contributed by atoms with E-state index in [1.54, 1.807) is 35.2 Å². The molecule has 1 fully saturated rings. The van der Waals surface area contributed by atoms with E-state index in [0.717, 1.165) is 11.1 Å². The lowest BCUT2D eigenvalue weighted by atomic mass is 10.2. The number of amides is 1. The van der Waals surface area contributed by atoms with E-state index in [9.17, 15) is 14.9 Å². The number of carbonyl (C=O) groups excluding carboxylic acids is 1. The van der Waals surface area contributed by atoms with Gasteiger partial charge >= 0.3 is 0 Å². The van der Waals surface area contributed by atoms with E-state index < -0.39 is 4.92 Å². The minimum atomic E-state index is -0.453. The molecule has 3 rings (SSSR count). The number of benzene rings is 2. The smallest absolute Gasteiger partial charge is 0.269 e. The first-order chi connectivity index (χ1) is 13.8. The van der Waals surface area contributed by atoms with E-state index in [1.807, 2.05) is 6.92 Å². The molecule has 0 spiro atoms. The molecule has 2 aromatic carbocycles. The highest BCUT2D eigenvalue weighted by Crippen LogP contribution is 2.38. The lowest BCUT2D eigenvalue weighted by molar-refractivity contribution is -0.384. The van der Waals surface area contributed by atoms with Gasteiger partial charge in [0.2, 0.25) is 0 Å². The molecule has 0 aromatic heterocycles. The first kappa shape index (κ1) is 21.8. The van der Waals surface area contributed by atoms with Crippen LogP contribution in [-0.2, 0) is 11.4 Å². The number of thioether (sulfide) groups is 1. The summed E-state index contributed by atoms with van der Waals surface area (Å²) in [6.45, 7) is 2.60. The van der Waals surface area contributed by atoms with Crippen molar-refractivity contribution in [1.82, 2.24) is 4.90 Å². The van der Waals surface area contributed by atoms with Crippen LogP contribution in [0.25, 0.3) is 6.08 Å². The molecule has 2 aromatic rings. The monoisotopic (exact) mass is 512 g/mol. The number of nitro benzene ring substituents is 1. The fraction of sp³-hybridized carbons (Fsp3) is 0.158. The highest BCUT2D eigenvalue weighted by molar-refractivity contribution is 9.10. The third-order valence-electron chi connectivity index (χ3n) is 4.04. The van der Waals surface area contributed by atoms with Crippen LogP contribution in [0.15, 0.2) is 45.8 Å². The van der Waals surface area contributed by atoms with Crippen LogP contribution in [0.2, 0.25) is 5.02 Å². The van der Waals surface area contributed by atoms with Crippen LogP contribution < -0.4 is 4.74 Å². The summed E-state index contributed by atoms with van der Waals surface area (Å²) in [5.74, 6) is 0.330. The number of nitro groups is 1. The number of ether oxygens (including phenoxy) is 1. The van der Waals surface area contributed by atoms with Crippen molar-refractivity contribution in [2.24, 2.45) is 0 Å². The van der Waals surface area contributed by atoms with Crippen LogP contribution in [0, 0.1) is 10.1 Å². The number of halogens is 2. The molecular formula is C19H14BrClN2O4S2. The van der Waals surface area contributed by atoms with E-state index in [0.29, 0.717) is 31.0 Å². The number of likely N-dealkylation sites (N-methyl/N-ethyl adjacent to an activating group) is 1. The van der Waals surface area contributed by atoms with E-state index in [2.05, 4.69) is 15.9 Å². The van der Waals surface area contributed by atoms with Crippen LogP contribution in [0.3, 0.4) is 0 Å². The van der Waals surface area contributed by atoms with Gasteiger partial charge in [-0.2, -0.15) is 0 Å². The van der Waals surface area contributed by atoms with Gasteiger partial charge in [-0.05, 0) is 64.3 Å². The molecule has 1 saturated heterocycles. The Hall–Kier alpha value is -1.94. The quantitative estimate of drug-likeness (QED) is 0.210. The Morgan fingerprint density at radius 2 is 2.03 bits per heavy atom. The zero-order valence-electron chi connectivity index (χ0n) is 15.1. The van der Waals surface area contributed by atoms with Gasteiger partial charge in [0.05, 0.1) is 19.3 Å². The van der Waals surface area contributed by atoms with Crippen LogP contribution in [0.4, 0.5) is 5.69 Å². The molecule has 1 amide bonds. The second-order valence-corrected chi connectivity index (χ2v) is 8.89. The molecule has 1 aliphatic rings. The fourth-order valence-corrected chi connectivity index (χ4v) is 4.97. The summed E-state index contributed by atoms with van der Waals surface area (Å²) in [6.07, 6.45) is 1.74. The first-order valence-corrected chi connectivity index (χ1v) is 10.8. The van der Waals surface area contributed by atoms with Crippen molar-refractivity contribution in [2.75, 3.05) is 6.54 Å². The van der Waals surface area contributed by atoms with Gasteiger partial charge in [0, 0.05) is 18.7 Å². The van der Waals surface area contributed by atoms with Crippen LogP contribution in [-0.4, -0.2) is 26.6 Å². The van der Waals surface area contributed by atoms with Crippen molar-refractivity contribution in [2.45, 2.75) is 13.5 Å². The average molecular weight is 514 g/mol. The maximum Gasteiger partial charge on any atom is 0.269 e. The molecular weight excluding hydrogens is 500 g/mol. The number of thiocarbonyl (C=S) groups is 1. The van der Waals surface area contributed by atoms with Crippen molar-refractivity contribution >= 4 is 73.5 Å². The van der Waals surface area contributed by atoms with Gasteiger partial charge in [-0.3, -0.25) is 19.8 Å². The molecule has 0 unspecified atom stereocenters. The highest BCUT2D eigenvalue weighted by Gasteiger charge is 2.30. The van der Waals surface area contributed by atoms with Crippen LogP contribution in [0.1, 0.15) is 18.1 Å². The lowest BCUT2D eigenvalue weighted by Gasteiger charge is -2.11. The van der Waals surface area contributed by atoms with E-state index in [1.165, 1.54) is 23.9 Å². The number of nitrogens with zero attached hydrogens (tertiary/aromatic N) is 2. The minimum Gasteiger partial charge on any atom is -0.486 e. The number of non-ortho nitro benzene ring substituents is 1. The van der Waals surface area contributed by atoms with Crippen molar-refractivity contribution in [3.63, 3.8) is 0 Å². The van der Waals surface area contributed by atoms with Crippen molar-refractivity contribution in [1.29, 1.82) is 0 Å². The Kier molecular flexibility index (Phi) is 6.94. The zero-order valence-corrected chi connectivity index (χ0v) is 19.0. The van der Waals surface area contributed by atoms with Crippen molar-refractivity contribution in [3.05, 3.63) is 72.0 Å². The SMILES string of the molecule is CCN1C(=O)/C(=C/c2cc(Cl)c(OCc3ccc([N+](=O)[O-])cc3)c(Br)c2)SC1=S. The summed E-state index contributed by atoms with van der Waals surface area (Å²) >= 11 is 16.3. The molecule has 0 saturated carbocycles. The summed E-state index contributed by atoms with van der Waals surface area (Å²) in [4.78, 5) is 24.7. The van der Waals surface area contributed by atoms with Gasteiger partial charge in [0.1, 0.15) is 10.9 Å². The summed E-state index contributed by atoms with van der Waals surface area (Å²) in [6, 6.07) is 9.61. The Morgan fingerprint density at radius 3 is 2.59 bits per heavy atom. The number of carbonyl (C=O) groups is 1. The second kappa shape index (κ2) is 9.25. The van der Waals surface area contributed by atoms with Crippen LogP contribution >= 0.6 is 51.5 Å². The highest BCUT2D eigenvalue weighted by atomic mass is 79.9. The molecule has 10 heteroatoms. The predicted molar refractivity (Wildman–Crippen MR) is 122 cm³/mol. The Labute approximate surface area is 190 Å². The van der Waals surface area contributed by atoms with Gasteiger partial charge in [0.15, 0.2) is 5.75 Å².